The minimum atomic E-state index is -4.28. The highest BCUT2D eigenvalue weighted by Crippen LogP contribution is 2.26. The molecule has 152 valence electrons. The van der Waals surface area contributed by atoms with Crippen molar-refractivity contribution in [2.45, 2.75) is 11.4 Å². The number of aromatic nitrogens is 1. The summed E-state index contributed by atoms with van der Waals surface area (Å²) in [5.41, 5.74) is 0.143. The number of carbonyl (C=O) groups excluding carboxylic acids is 1. The molecule has 0 saturated heterocycles. The Morgan fingerprint density at radius 1 is 1.07 bits per heavy atom. The van der Waals surface area contributed by atoms with Crippen molar-refractivity contribution in [3.8, 4) is 0 Å². The van der Waals surface area contributed by atoms with E-state index in [9.17, 15) is 26.4 Å². The van der Waals surface area contributed by atoms with Crippen molar-refractivity contribution in [1.82, 2.24) is 10.3 Å². The van der Waals surface area contributed by atoms with Gasteiger partial charge >= 0.3 is 0 Å². The van der Waals surface area contributed by atoms with Crippen molar-refractivity contribution >= 4 is 44.0 Å². The van der Waals surface area contributed by atoms with Crippen molar-refractivity contribution in [2.75, 3.05) is 4.72 Å². The van der Waals surface area contributed by atoms with Crippen LogP contribution >= 0.6 is 22.9 Å². The maximum atomic E-state index is 14.3. The first kappa shape index (κ1) is 21.1. The Morgan fingerprint density at radius 2 is 1.83 bits per heavy atom. The number of thiazole rings is 1. The van der Waals surface area contributed by atoms with Crippen LogP contribution in [0.5, 0.6) is 0 Å². The molecular weight excluding hydrogens is 451 g/mol. The maximum absolute atomic E-state index is 14.3. The second kappa shape index (κ2) is 8.39. The number of hydrogen-bond acceptors (Lipinski definition) is 5. The molecule has 2 aromatic carbocycles. The molecule has 1 heterocycles. The summed E-state index contributed by atoms with van der Waals surface area (Å²) in [5.74, 6) is -3.96. The molecule has 0 atom stereocenters. The Morgan fingerprint density at radius 3 is 2.45 bits per heavy atom. The Bertz CT molecular complexity index is 1190. The minimum absolute atomic E-state index is 0.0391. The van der Waals surface area contributed by atoms with Crippen LogP contribution in [0.4, 0.5) is 18.3 Å². The van der Waals surface area contributed by atoms with Gasteiger partial charge in [-0.05, 0) is 35.9 Å². The number of carbonyl (C=O) groups is 1. The lowest BCUT2D eigenvalue weighted by atomic mass is 10.2. The van der Waals surface area contributed by atoms with Crippen LogP contribution in [-0.4, -0.2) is 19.3 Å². The van der Waals surface area contributed by atoms with Gasteiger partial charge in [0.05, 0.1) is 6.20 Å². The molecule has 0 fully saturated rings. The Labute approximate surface area is 172 Å². The number of anilines is 1. The molecule has 29 heavy (non-hydrogen) atoms. The van der Waals surface area contributed by atoms with Crippen LogP contribution in [0.1, 0.15) is 15.9 Å². The summed E-state index contributed by atoms with van der Waals surface area (Å²) in [7, 11) is -4.28. The molecule has 0 aliphatic rings. The zero-order valence-electron chi connectivity index (χ0n) is 14.2. The van der Waals surface area contributed by atoms with Gasteiger partial charge in [0, 0.05) is 12.1 Å². The molecule has 2 N–H and O–H groups in total. The van der Waals surface area contributed by atoms with Gasteiger partial charge in [-0.25, -0.2) is 26.6 Å². The normalized spacial score (nSPS) is 11.3. The van der Waals surface area contributed by atoms with E-state index in [0.717, 1.165) is 41.7 Å². The number of amides is 1. The van der Waals surface area contributed by atoms with Crippen LogP contribution in [0.2, 0.25) is 4.34 Å². The number of sulfonamides is 1. The van der Waals surface area contributed by atoms with E-state index in [1.165, 1.54) is 12.3 Å². The molecule has 12 heteroatoms. The van der Waals surface area contributed by atoms with Gasteiger partial charge in [-0.3, -0.25) is 9.52 Å². The molecule has 3 rings (SSSR count). The molecule has 6 nitrogen and oxygen atoms in total. The van der Waals surface area contributed by atoms with Crippen LogP contribution in [0.3, 0.4) is 0 Å². The average molecular weight is 462 g/mol. The number of rotatable bonds is 6. The van der Waals surface area contributed by atoms with Crippen molar-refractivity contribution in [1.29, 1.82) is 0 Å². The van der Waals surface area contributed by atoms with Gasteiger partial charge in [-0.15, -0.1) is 0 Å². The lowest BCUT2D eigenvalue weighted by Crippen LogP contribution is -2.23. The monoisotopic (exact) mass is 461 g/mol. The zero-order chi connectivity index (χ0) is 21.2. The third-order valence-electron chi connectivity index (χ3n) is 3.62. The molecule has 0 aliphatic heterocycles. The number of nitrogens with one attached hydrogen (secondary N) is 2. The van der Waals surface area contributed by atoms with Gasteiger partial charge in [0.15, 0.2) is 16.8 Å². The van der Waals surface area contributed by atoms with E-state index < -0.39 is 38.3 Å². The van der Waals surface area contributed by atoms with Gasteiger partial charge < -0.3 is 5.32 Å². The van der Waals surface area contributed by atoms with Crippen LogP contribution < -0.4 is 10.0 Å². The summed E-state index contributed by atoms with van der Waals surface area (Å²) in [5, 5.41) is 2.37. The molecular formula is C17H11ClF3N3O3S2. The van der Waals surface area contributed by atoms with Gasteiger partial charge in [0.1, 0.15) is 15.0 Å². The summed E-state index contributed by atoms with van der Waals surface area (Å²) in [4.78, 5) is 15.2. The largest absolute Gasteiger partial charge is 0.348 e. The predicted molar refractivity (Wildman–Crippen MR) is 102 cm³/mol. The lowest BCUT2D eigenvalue weighted by molar-refractivity contribution is 0.0950. The van der Waals surface area contributed by atoms with E-state index in [1.807, 2.05) is 0 Å². The third kappa shape index (κ3) is 5.05. The van der Waals surface area contributed by atoms with E-state index in [0.29, 0.717) is 5.56 Å². The summed E-state index contributed by atoms with van der Waals surface area (Å²) in [6.45, 7) is -0.135. The lowest BCUT2D eigenvalue weighted by Gasteiger charge is -2.09. The van der Waals surface area contributed by atoms with Crippen LogP contribution in [0.25, 0.3) is 0 Å². The molecule has 0 aliphatic carbocycles. The van der Waals surface area contributed by atoms with Crippen molar-refractivity contribution in [3.63, 3.8) is 0 Å². The third-order valence-corrected chi connectivity index (χ3v) is 6.15. The quantitative estimate of drug-likeness (QED) is 0.582. The SMILES string of the molecule is O=C(NCc1ccc(F)c(F)c1)c1ccc(S(=O)(=O)Nc2ncc(Cl)s2)c(F)c1. The summed E-state index contributed by atoms with van der Waals surface area (Å²) in [6.07, 6.45) is 1.24. The Kier molecular flexibility index (Phi) is 6.10. The first-order chi connectivity index (χ1) is 13.7. The highest BCUT2D eigenvalue weighted by Gasteiger charge is 2.22. The highest BCUT2D eigenvalue weighted by atomic mass is 35.5. The van der Waals surface area contributed by atoms with Gasteiger partial charge in [-0.2, -0.15) is 0 Å². The van der Waals surface area contributed by atoms with E-state index in [-0.39, 0.29) is 21.6 Å². The molecule has 3 aromatic rings. The fourth-order valence-electron chi connectivity index (χ4n) is 2.27. The minimum Gasteiger partial charge on any atom is -0.348 e. The van der Waals surface area contributed by atoms with Gasteiger partial charge in [0.25, 0.3) is 15.9 Å². The fraction of sp³-hybridized carbons (Fsp3) is 0.0588. The highest BCUT2D eigenvalue weighted by molar-refractivity contribution is 7.93. The van der Waals surface area contributed by atoms with Crippen LogP contribution in [-0.2, 0) is 16.6 Å². The van der Waals surface area contributed by atoms with E-state index >= 15 is 0 Å². The van der Waals surface area contributed by atoms with E-state index in [1.54, 1.807) is 0 Å². The topological polar surface area (TPSA) is 88.2 Å². The molecule has 0 unspecified atom stereocenters. The predicted octanol–water partition coefficient (Wildman–Crippen LogP) is 3.94. The van der Waals surface area contributed by atoms with Gasteiger partial charge in [-0.1, -0.05) is 29.0 Å². The summed E-state index contributed by atoms with van der Waals surface area (Å²) < 4.78 is 67.3. The second-order valence-corrected chi connectivity index (χ2v) is 8.96. The number of hydrogen-bond donors (Lipinski definition) is 2. The van der Waals surface area contributed by atoms with Crippen molar-refractivity contribution in [3.05, 3.63) is 75.5 Å². The van der Waals surface area contributed by atoms with E-state index in [4.69, 9.17) is 11.6 Å². The standard InChI is InChI=1S/C17H11ClF3N3O3S2/c18-15-8-23-17(28-15)24-29(26,27)14-4-2-10(6-13(14)21)16(25)22-7-9-1-3-11(19)12(20)5-9/h1-6,8H,7H2,(H,22,25)(H,23,24). The van der Waals surface area contributed by atoms with Gasteiger partial charge in [0.2, 0.25) is 0 Å². The maximum Gasteiger partial charge on any atom is 0.266 e. The molecule has 1 amide bonds. The number of nitrogens with zero attached hydrogens (tertiary/aromatic N) is 1. The smallest absolute Gasteiger partial charge is 0.266 e. The van der Waals surface area contributed by atoms with Crippen LogP contribution in [0, 0.1) is 17.5 Å². The molecule has 1 aromatic heterocycles. The molecule has 0 spiro atoms. The van der Waals surface area contributed by atoms with Crippen molar-refractivity contribution in [2.24, 2.45) is 0 Å². The van der Waals surface area contributed by atoms with E-state index in [2.05, 4.69) is 15.0 Å². The first-order valence-electron chi connectivity index (χ1n) is 7.81. The molecule has 0 bridgehead atoms. The zero-order valence-corrected chi connectivity index (χ0v) is 16.6. The Hall–Kier alpha value is -2.63. The molecule has 0 radical (unpaired) electrons. The average Bonchev–Trinajstić information content (AvgIpc) is 3.06. The van der Waals surface area contributed by atoms with Crippen molar-refractivity contribution < 1.29 is 26.4 Å². The number of benzene rings is 2. The summed E-state index contributed by atoms with van der Waals surface area (Å²) in [6, 6.07) is 5.92. The summed E-state index contributed by atoms with van der Waals surface area (Å²) >= 11 is 6.53. The molecule has 0 saturated carbocycles. The Balaban J connectivity index is 1.72. The second-order valence-electron chi connectivity index (χ2n) is 5.65. The number of halogens is 4. The first-order valence-corrected chi connectivity index (χ1v) is 10.5. The van der Waals surface area contributed by atoms with Crippen LogP contribution in [0.15, 0.2) is 47.5 Å². The fourth-order valence-corrected chi connectivity index (χ4v) is 4.38.